The largest absolute Gasteiger partial charge is 0.393 e. The monoisotopic (exact) mass is 259 g/mol. The molecule has 1 saturated carbocycles. The zero-order chi connectivity index (χ0) is 12.8. The van der Waals surface area contributed by atoms with Crippen molar-refractivity contribution in [2.24, 2.45) is 17.8 Å². The average molecular weight is 259 g/mol. The van der Waals surface area contributed by atoms with Crippen LogP contribution < -0.4 is 0 Å². The Morgan fingerprint density at radius 2 is 2.06 bits per heavy atom. The van der Waals surface area contributed by atoms with Crippen LogP contribution in [0.15, 0.2) is 0 Å². The molecule has 0 aromatic rings. The molecule has 1 aliphatic rings. The van der Waals surface area contributed by atoms with E-state index in [-0.39, 0.29) is 6.10 Å². The summed E-state index contributed by atoms with van der Waals surface area (Å²) in [6, 6.07) is 0. The minimum absolute atomic E-state index is 0.0678. The van der Waals surface area contributed by atoms with Crippen LogP contribution in [0.5, 0.6) is 0 Å². The highest BCUT2D eigenvalue weighted by Crippen LogP contribution is 2.34. The van der Waals surface area contributed by atoms with E-state index in [1.54, 1.807) is 0 Å². The van der Waals surface area contributed by atoms with E-state index in [9.17, 15) is 5.11 Å². The first-order chi connectivity index (χ1) is 8.04. The SMILES string of the molecule is CSCCN(C)CC1CC(C(C)C)CCC1O. The summed E-state index contributed by atoms with van der Waals surface area (Å²) in [6.45, 7) is 6.83. The highest BCUT2D eigenvalue weighted by atomic mass is 32.2. The zero-order valence-corrected chi connectivity index (χ0v) is 12.7. The van der Waals surface area contributed by atoms with Crippen LogP contribution in [0.1, 0.15) is 33.1 Å². The molecule has 0 spiro atoms. The maximum atomic E-state index is 10.1. The molecule has 0 aromatic heterocycles. The van der Waals surface area contributed by atoms with E-state index in [1.165, 1.54) is 18.6 Å². The van der Waals surface area contributed by atoms with Crippen LogP contribution in [0.4, 0.5) is 0 Å². The van der Waals surface area contributed by atoms with Crippen LogP contribution in [0.3, 0.4) is 0 Å². The Hall–Kier alpha value is 0.270. The van der Waals surface area contributed by atoms with Crippen molar-refractivity contribution in [3.8, 4) is 0 Å². The first kappa shape index (κ1) is 15.3. The normalized spacial score (nSPS) is 30.2. The lowest BCUT2D eigenvalue weighted by Gasteiger charge is -2.37. The summed E-state index contributed by atoms with van der Waals surface area (Å²) < 4.78 is 0. The molecule has 1 fully saturated rings. The summed E-state index contributed by atoms with van der Waals surface area (Å²) >= 11 is 1.89. The zero-order valence-electron chi connectivity index (χ0n) is 11.9. The van der Waals surface area contributed by atoms with Crippen molar-refractivity contribution in [1.82, 2.24) is 4.90 Å². The first-order valence-corrected chi connectivity index (χ1v) is 8.29. The van der Waals surface area contributed by atoms with Gasteiger partial charge in [0.1, 0.15) is 0 Å². The number of hydrogen-bond donors (Lipinski definition) is 1. The van der Waals surface area contributed by atoms with Crippen molar-refractivity contribution >= 4 is 11.8 Å². The van der Waals surface area contributed by atoms with Crippen molar-refractivity contribution in [1.29, 1.82) is 0 Å². The standard InChI is InChI=1S/C14H29NOS/c1-11(2)12-5-6-14(16)13(9-12)10-15(3)7-8-17-4/h11-14,16H,5-10H2,1-4H3. The third-order valence-electron chi connectivity index (χ3n) is 4.15. The van der Waals surface area contributed by atoms with Gasteiger partial charge in [0.2, 0.25) is 0 Å². The smallest absolute Gasteiger partial charge is 0.0580 e. The van der Waals surface area contributed by atoms with Crippen LogP contribution in [-0.2, 0) is 0 Å². The van der Waals surface area contributed by atoms with Gasteiger partial charge in [0.25, 0.3) is 0 Å². The Bertz CT molecular complexity index is 210. The summed E-state index contributed by atoms with van der Waals surface area (Å²) in [7, 11) is 2.18. The Labute approximate surface area is 111 Å². The fraction of sp³-hybridized carbons (Fsp3) is 1.00. The van der Waals surface area contributed by atoms with Crippen LogP contribution >= 0.6 is 11.8 Å². The number of rotatable bonds is 6. The lowest BCUT2D eigenvalue weighted by atomic mass is 9.74. The summed E-state index contributed by atoms with van der Waals surface area (Å²) in [4.78, 5) is 2.38. The van der Waals surface area contributed by atoms with E-state index in [1.807, 2.05) is 11.8 Å². The second kappa shape index (κ2) is 7.65. The molecule has 0 amide bonds. The highest BCUT2D eigenvalue weighted by Gasteiger charge is 2.30. The van der Waals surface area contributed by atoms with Gasteiger partial charge in [0, 0.05) is 18.8 Å². The molecule has 2 nitrogen and oxygen atoms in total. The van der Waals surface area contributed by atoms with E-state index < -0.39 is 0 Å². The summed E-state index contributed by atoms with van der Waals surface area (Å²) in [5.41, 5.74) is 0. The molecule has 102 valence electrons. The van der Waals surface area contributed by atoms with Gasteiger partial charge < -0.3 is 10.0 Å². The minimum atomic E-state index is -0.0678. The molecule has 0 aliphatic heterocycles. The molecule has 3 heteroatoms. The Morgan fingerprint density at radius 1 is 1.35 bits per heavy atom. The number of aliphatic hydroxyl groups excluding tert-OH is 1. The van der Waals surface area contributed by atoms with Gasteiger partial charge in [-0.2, -0.15) is 11.8 Å². The molecular weight excluding hydrogens is 230 g/mol. The van der Waals surface area contributed by atoms with Crippen molar-refractivity contribution in [3.63, 3.8) is 0 Å². The predicted octanol–water partition coefficient (Wildman–Crippen LogP) is 2.71. The lowest BCUT2D eigenvalue weighted by molar-refractivity contribution is 0.0233. The minimum Gasteiger partial charge on any atom is -0.393 e. The lowest BCUT2D eigenvalue weighted by Crippen LogP contribution is -2.39. The van der Waals surface area contributed by atoms with Crippen LogP contribution in [-0.4, -0.2) is 48.3 Å². The molecule has 3 unspecified atom stereocenters. The van der Waals surface area contributed by atoms with Gasteiger partial charge in [-0.1, -0.05) is 13.8 Å². The third kappa shape index (κ3) is 5.19. The first-order valence-electron chi connectivity index (χ1n) is 6.90. The maximum Gasteiger partial charge on any atom is 0.0580 e. The van der Waals surface area contributed by atoms with Gasteiger partial charge in [-0.05, 0) is 50.3 Å². The fourth-order valence-electron chi connectivity index (χ4n) is 2.82. The second-order valence-electron chi connectivity index (χ2n) is 5.90. The number of nitrogens with zero attached hydrogens (tertiary/aromatic N) is 1. The Balaban J connectivity index is 2.38. The van der Waals surface area contributed by atoms with Crippen molar-refractivity contribution in [3.05, 3.63) is 0 Å². The predicted molar refractivity (Wildman–Crippen MR) is 77.6 cm³/mol. The number of hydrogen-bond acceptors (Lipinski definition) is 3. The van der Waals surface area contributed by atoms with Crippen LogP contribution in [0, 0.1) is 17.8 Å². The van der Waals surface area contributed by atoms with E-state index in [0.29, 0.717) is 5.92 Å². The Kier molecular flexibility index (Phi) is 6.90. The molecule has 3 atom stereocenters. The van der Waals surface area contributed by atoms with E-state index in [4.69, 9.17) is 0 Å². The Morgan fingerprint density at radius 3 is 2.65 bits per heavy atom. The quantitative estimate of drug-likeness (QED) is 0.793. The van der Waals surface area contributed by atoms with Gasteiger partial charge >= 0.3 is 0 Å². The number of aliphatic hydroxyl groups is 1. The molecule has 0 bridgehead atoms. The molecule has 1 N–H and O–H groups in total. The number of thioether (sulfide) groups is 1. The summed E-state index contributed by atoms with van der Waals surface area (Å²) in [5, 5.41) is 10.1. The van der Waals surface area contributed by atoms with Gasteiger partial charge in [-0.3, -0.25) is 0 Å². The van der Waals surface area contributed by atoms with E-state index >= 15 is 0 Å². The average Bonchev–Trinajstić information content (AvgIpc) is 2.29. The molecule has 1 rings (SSSR count). The van der Waals surface area contributed by atoms with Crippen LogP contribution in [0.2, 0.25) is 0 Å². The van der Waals surface area contributed by atoms with Gasteiger partial charge in [-0.25, -0.2) is 0 Å². The molecule has 17 heavy (non-hydrogen) atoms. The summed E-state index contributed by atoms with van der Waals surface area (Å²) in [6.07, 6.45) is 5.51. The van der Waals surface area contributed by atoms with E-state index in [2.05, 4.69) is 32.1 Å². The second-order valence-corrected chi connectivity index (χ2v) is 6.89. The van der Waals surface area contributed by atoms with Crippen LogP contribution in [0.25, 0.3) is 0 Å². The summed E-state index contributed by atoms with van der Waals surface area (Å²) in [5.74, 6) is 3.26. The topological polar surface area (TPSA) is 23.5 Å². The molecule has 0 radical (unpaired) electrons. The van der Waals surface area contributed by atoms with Gasteiger partial charge in [0.15, 0.2) is 0 Å². The van der Waals surface area contributed by atoms with Crippen molar-refractivity contribution in [2.45, 2.75) is 39.2 Å². The molecular formula is C14H29NOS. The molecule has 0 aromatic carbocycles. The van der Waals surface area contributed by atoms with Crippen molar-refractivity contribution < 1.29 is 5.11 Å². The van der Waals surface area contributed by atoms with Gasteiger partial charge in [0.05, 0.1) is 6.10 Å². The fourth-order valence-corrected chi connectivity index (χ4v) is 3.32. The maximum absolute atomic E-state index is 10.1. The molecule has 0 saturated heterocycles. The van der Waals surface area contributed by atoms with E-state index in [0.717, 1.165) is 31.3 Å². The van der Waals surface area contributed by atoms with Crippen molar-refractivity contribution in [2.75, 3.05) is 32.1 Å². The van der Waals surface area contributed by atoms with Gasteiger partial charge in [-0.15, -0.1) is 0 Å². The molecule has 0 heterocycles. The highest BCUT2D eigenvalue weighted by molar-refractivity contribution is 7.98. The molecule has 1 aliphatic carbocycles. The third-order valence-corrected chi connectivity index (χ3v) is 4.74.